The molecule has 0 bridgehead atoms. The molecule has 2 atom stereocenters. The van der Waals surface area contributed by atoms with Gasteiger partial charge in [-0.15, -0.1) is 0 Å². The van der Waals surface area contributed by atoms with Crippen molar-refractivity contribution in [2.45, 2.75) is 18.8 Å². The number of benzene rings is 6. The molecule has 0 saturated heterocycles. The average Bonchev–Trinajstić information content (AvgIpc) is 3.46. The molecule has 2 aliphatic rings. The molecular formula is C42H30O. The van der Waals surface area contributed by atoms with E-state index in [1.807, 2.05) is 6.07 Å². The second-order valence-corrected chi connectivity index (χ2v) is 11.9. The lowest BCUT2D eigenvalue weighted by atomic mass is 9.75. The second kappa shape index (κ2) is 9.71. The monoisotopic (exact) mass is 550 g/mol. The minimum atomic E-state index is 0.392. The lowest BCUT2D eigenvalue weighted by molar-refractivity contribution is 0.565. The van der Waals surface area contributed by atoms with Gasteiger partial charge in [-0.3, -0.25) is 0 Å². The highest BCUT2D eigenvalue weighted by atomic mass is 16.3. The molecule has 1 nitrogen and oxygen atoms in total. The summed E-state index contributed by atoms with van der Waals surface area (Å²) in [6.07, 6.45) is 13.9. The van der Waals surface area contributed by atoms with Gasteiger partial charge in [0.2, 0.25) is 0 Å². The van der Waals surface area contributed by atoms with E-state index in [4.69, 9.17) is 4.42 Å². The summed E-state index contributed by atoms with van der Waals surface area (Å²) in [5.41, 5.74) is 9.62. The molecule has 204 valence electrons. The van der Waals surface area contributed by atoms with Crippen LogP contribution in [0.4, 0.5) is 0 Å². The molecule has 0 saturated carbocycles. The SMILES string of the molecule is C1=CC2=CC(c3c4ccccc4c(-c4cccc(-c5cccc6c5oc5ccccc56)c4)c4ccccc34)CCC2C=C1. The van der Waals surface area contributed by atoms with Gasteiger partial charge in [0.05, 0.1) is 0 Å². The van der Waals surface area contributed by atoms with Gasteiger partial charge in [-0.1, -0.05) is 134 Å². The first-order valence-electron chi connectivity index (χ1n) is 15.3. The molecule has 2 aliphatic carbocycles. The maximum absolute atomic E-state index is 6.43. The van der Waals surface area contributed by atoms with Crippen LogP contribution in [-0.2, 0) is 0 Å². The Morgan fingerprint density at radius 3 is 2.00 bits per heavy atom. The van der Waals surface area contributed by atoms with Crippen molar-refractivity contribution >= 4 is 43.5 Å². The fourth-order valence-electron chi connectivity index (χ4n) is 7.63. The Kier molecular flexibility index (Phi) is 5.52. The van der Waals surface area contributed by atoms with E-state index in [9.17, 15) is 0 Å². The molecule has 9 rings (SSSR count). The van der Waals surface area contributed by atoms with Crippen LogP contribution in [0, 0.1) is 5.92 Å². The Labute approximate surface area is 251 Å². The van der Waals surface area contributed by atoms with Gasteiger partial charge < -0.3 is 4.42 Å². The van der Waals surface area contributed by atoms with Gasteiger partial charge in [-0.05, 0) is 74.3 Å². The maximum Gasteiger partial charge on any atom is 0.143 e. The highest BCUT2D eigenvalue weighted by molar-refractivity contribution is 6.16. The largest absolute Gasteiger partial charge is 0.455 e. The van der Waals surface area contributed by atoms with Crippen molar-refractivity contribution < 1.29 is 4.42 Å². The van der Waals surface area contributed by atoms with Gasteiger partial charge in [-0.2, -0.15) is 0 Å². The van der Waals surface area contributed by atoms with E-state index in [0.717, 1.165) is 33.9 Å². The van der Waals surface area contributed by atoms with Gasteiger partial charge >= 0.3 is 0 Å². The van der Waals surface area contributed by atoms with Crippen molar-refractivity contribution in [2.24, 2.45) is 5.92 Å². The van der Waals surface area contributed by atoms with Gasteiger partial charge in [0, 0.05) is 28.2 Å². The van der Waals surface area contributed by atoms with Crippen molar-refractivity contribution in [3.8, 4) is 22.3 Å². The van der Waals surface area contributed by atoms with Gasteiger partial charge in [-0.25, -0.2) is 0 Å². The molecule has 2 unspecified atom stereocenters. The topological polar surface area (TPSA) is 13.1 Å². The molecule has 6 aromatic carbocycles. The van der Waals surface area contributed by atoms with Crippen LogP contribution in [0.25, 0.3) is 65.7 Å². The van der Waals surface area contributed by atoms with E-state index in [-0.39, 0.29) is 0 Å². The molecule has 43 heavy (non-hydrogen) atoms. The van der Waals surface area contributed by atoms with Crippen molar-refractivity contribution in [3.05, 3.63) is 157 Å². The van der Waals surface area contributed by atoms with E-state index in [1.165, 1.54) is 55.8 Å². The fraction of sp³-hybridized carbons (Fsp3) is 0.0952. The van der Waals surface area contributed by atoms with Crippen molar-refractivity contribution in [1.82, 2.24) is 0 Å². The molecule has 1 heteroatoms. The molecule has 0 aliphatic heterocycles. The number of rotatable bonds is 3. The van der Waals surface area contributed by atoms with Crippen LogP contribution < -0.4 is 0 Å². The Morgan fingerprint density at radius 2 is 1.19 bits per heavy atom. The number of fused-ring (bicyclic) bond motifs is 6. The van der Waals surface area contributed by atoms with Crippen LogP contribution in [-0.4, -0.2) is 0 Å². The second-order valence-electron chi connectivity index (χ2n) is 11.9. The van der Waals surface area contributed by atoms with Gasteiger partial charge in [0.25, 0.3) is 0 Å². The molecule has 7 aromatic rings. The molecule has 0 N–H and O–H groups in total. The zero-order valence-corrected chi connectivity index (χ0v) is 23.8. The van der Waals surface area contributed by atoms with Gasteiger partial charge in [0.1, 0.15) is 11.2 Å². The van der Waals surface area contributed by atoms with E-state index in [0.29, 0.717) is 11.8 Å². The number of hydrogen-bond acceptors (Lipinski definition) is 1. The zero-order valence-electron chi connectivity index (χ0n) is 23.8. The minimum absolute atomic E-state index is 0.392. The van der Waals surface area contributed by atoms with Crippen LogP contribution in [0.2, 0.25) is 0 Å². The van der Waals surface area contributed by atoms with Gasteiger partial charge in [0.15, 0.2) is 0 Å². The number of allylic oxidation sites excluding steroid dienone is 6. The third kappa shape index (κ3) is 3.85. The summed E-state index contributed by atoms with van der Waals surface area (Å²) >= 11 is 0. The standard InChI is InChI=1S/C42H30O/c1-2-12-28-25-31(24-23-27(28)11-1)41-36-18-5-3-16-34(36)40(35-17-4-6-19-37(35)41)30-14-9-13-29(26-30)32-20-10-21-38-33-15-7-8-22-39(33)43-42(32)38/h1-22,25-27,31H,23-24H2. The highest BCUT2D eigenvalue weighted by Gasteiger charge is 2.26. The summed E-state index contributed by atoms with van der Waals surface area (Å²) < 4.78 is 6.43. The van der Waals surface area contributed by atoms with Crippen LogP contribution >= 0.6 is 0 Å². The predicted molar refractivity (Wildman–Crippen MR) is 181 cm³/mol. The van der Waals surface area contributed by atoms with E-state index < -0.39 is 0 Å². The Bertz CT molecular complexity index is 2250. The van der Waals surface area contributed by atoms with Crippen LogP contribution in [0.3, 0.4) is 0 Å². The number of para-hydroxylation sites is 2. The van der Waals surface area contributed by atoms with E-state index in [1.54, 1.807) is 0 Å². The first-order chi connectivity index (χ1) is 21.3. The van der Waals surface area contributed by atoms with Crippen LogP contribution in [0.15, 0.2) is 156 Å². The Balaban J connectivity index is 1.27. The molecule has 0 amide bonds. The summed E-state index contributed by atoms with van der Waals surface area (Å²) in [4.78, 5) is 0. The molecular weight excluding hydrogens is 520 g/mol. The first kappa shape index (κ1) is 24.5. The quantitative estimate of drug-likeness (QED) is 0.199. The summed E-state index contributed by atoms with van der Waals surface area (Å²) in [5, 5.41) is 7.66. The third-order valence-electron chi connectivity index (χ3n) is 9.56. The molecule has 0 spiro atoms. The van der Waals surface area contributed by atoms with Crippen molar-refractivity contribution in [3.63, 3.8) is 0 Å². The Morgan fingerprint density at radius 1 is 0.535 bits per heavy atom. The lowest BCUT2D eigenvalue weighted by Gasteiger charge is -2.29. The van der Waals surface area contributed by atoms with E-state index in [2.05, 4.69) is 140 Å². The molecule has 0 fully saturated rings. The highest BCUT2D eigenvalue weighted by Crippen LogP contribution is 2.47. The smallest absolute Gasteiger partial charge is 0.143 e. The summed E-state index contributed by atoms with van der Waals surface area (Å²) in [7, 11) is 0. The van der Waals surface area contributed by atoms with E-state index >= 15 is 0 Å². The first-order valence-corrected chi connectivity index (χ1v) is 15.3. The average molecular weight is 551 g/mol. The Hall–Kier alpha value is -5.14. The molecule has 0 radical (unpaired) electrons. The number of furan rings is 1. The zero-order chi connectivity index (χ0) is 28.3. The molecule has 1 heterocycles. The normalized spacial score (nSPS) is 18.0. The summed E-state index contributed by atoms with van der Waals surface area (Å²) in [6, 6.07) is 41.9. The predicted octanol–water partition coefficient (Wildman–Crippen LogP) is 11.8. The lowest BCUT2D eigenvalue weighted by Crippen LogP contribution is -2.13. The minimum Gasteiger partial charge on any atom is -0.455 e. The maximum atomic E-state index is 6.43. The van der Waals surface area contributed by atoms with Crippen LogP contribution in [0.5, 0.6) is 0 Å². The summed E-state index contributed by atoms with van der Waals surface area (Å²) in [6.45, 7) is 0. The number of hydrogen-bond donors (Lipinski definition) is 0. The fourth-order valence-corrected chi connectivity index (χ4v) is 7.63. The van der Waals surface area contributed by atoms with Crippen molar-refractivity contribution in [2.75, 3.05) is 0 Å². The molecule has 1 aromatic heterocycles. The van der Waals surface area contributed by atoms with Crippen molar-refractivity contribution in [1.29, 1.82) is 0 Å². The third-order valence-corrected chi connectivity index (χ3v) is 9.56. The summed E-state index contributed by atoms with van der Waals surface area (Å²) in [5.74, 6) is 0.945. The van der Waals surface area contributed by atoms with Crippen LogP contribution in [0.1, 0.15) is 24.3 Å².